The molecule has 5 rings (SSSR count). The largest absolute Gasteiger partial charge is 0.308 e. The van der Waals surface area contributed by atoms with Crippen LogP contribution < -0.4 is 10.9 Å². The summed E-state index contributed by atoms with van der Waals surface area (Å²) >= 11 is 0. The number of carbonyl (C=O) groups is 1. The zero-order valence-corrected chi connectivity index (χ0v) is 20.0. The summed E-state index contributed by atoms with van der Waals surface area (Å²) in [5.41, 5.74) is 3.42. The molecule has 9 nitrogen and oxygen atoms in total. The summed E-state index contributed by atoms with van der Waals surface area (Å²) < 4.78 is 4.63. The molecule has 0 spiro atoms. The van der Waals surface area contributed by atoms with Crippen molar-refractivity contribution in [1.29, 1.82) is 5.26 Å². The third kappa shape index (κ3) is 3.75. The van der Waals surface area contributed by atoms with Crippen LogP contribution in [0.5, 0.6) is 0 Å². The van der Waals surface area contributed by atoms with Crippen molar-refractivity contribution in [3.05, 3.63) is 100 Å². The van der Waals surface area contributed by atoms with Gasteiger partial charge in [-0.25, -0.2) is 9.36 Å². The molecule has 36 heavy (non-hydrogen) atoms. The molecule has 3 heterocycles. The van der Waals surface area contributed by atoms with Gasteiger partial charge in [-0.1, -0.05) is 36.4 Å². The van der Waals surface area contributed by atoms with Gasteiger partial charge in [0, 0.05) is 11.5 Å². The average Bonchev–Trinajstić information content (AvgIpc) is 3.45. The lowest BCUT2D eigenvalue weighted by Gasteiger charge is -2.19. The van der Waals surface area contributed by atoms with Gasteiger partial charge >= 0.3 is 0 Å². The van der Waals surface area contributed by atoms with E-state index in [0.29, 0.717) is 11.3 Å². The molecule has 0 aliphatic rings. The molecule has 0 bridgehead atoms. The monoisotopic (exact) mass is 477 g/mol. The predicted octanol–water partition coefficient (Wildman–Crippen LogP) is 4.06. The van der Waals surface area contributed by atoms with E-state index in [1.54, 1.807) is 11.6 Å². The highest BCUT2D eigenvalue weighted by molar-refractivity contribution is 5.95. The van der Waals surface area contributed by atoms with Gasteiger partial charge in [-0.3, -0.25) is 14.2 Å². The standard InChI is InChI=1S/C27H23N7O2/c1-17-14-23(35)32(27-24(17)18(2)31-34(27)22-12-8-5-9-13-22)19(3)26(36)30-25-20(15-28)16-29-33(25)21-10-6-4-7-11-21/h4-14,16,19H,1-3H3,(H,30,36). The molecule has 0 fully saturated rings. The number of nitriles is 1. The first-order valence-corrected chi connectivity index (χ1v) is 11.4. The first-order valence-electron chi connectivity index (χ1n) is 11.4. The number of aromatic nitrogens is 5. The Morgan fingerprint density at radius 3 is 2.22 bits per heavy atom. The fourth-order valence-corrected chi connectivity index (χ4v) is 4.41. The van der Waals surface area contributed by atoms with Crippen LogP contribution in [0.3, 0.4) is 0 Å². The second-order valence-corrected chi connectivity index (χ2v) is 8.50. The number of para-hydroxylation sites is 2. The number of rotatable bonds is 5. The summed E-state index contributed by atoms with van der Waals surface area (Å²) in [6.07, 6.45) is 1.40. The Balaban J connectivity index is 1.63. The number of aryl methyl sites for hydroxylation is 2. The van der Waals surface area contributed by atoms with E-state index in [4.69, 9.17) is 0 Å². The number of pyridine rings is 1. The first kappa shape index (κ1) is 22.8. The molecule has 1 amide bonds. The number of hydrogen-bond acceptors (Lipinski definition) is 5. The Bertz CT molecular complexity index is 1690. The topological polar surface area (TPSA) is 111 Å². The zero-order chi connectivity index (χ0) is 25.4. The number of fused-ring (bicyclic) bond motifs is 1. The van der Waals surface area contributed by atoms with Crippen molar-refractivity contribution < 1.29 is 4.79 Å². The van der Waals surface area contributed by atoms with Gasteiger partial charge in [0.05, 0.1) is 23.3 Å². The summed E-state index contributed by atoms with van der Waals surface area (Å²) in [6.45, 7) is 5.39. The Hall–Kier alpha value is -4.97. The molecule has 1 unspecified atom stereocenters. The maximum Gasteiger partial charge on any atom is 0.253 e. The van der Waals surface area contributed by atoms with Crippen molar-refractivity contribution in [1.82, 2.24) is 24.1 Å². The smallest absolute Gasteiger partial charge is 0.253 e. The van der Waals surface area contributed by atoms with Crippen LogP contribution in [0.25, 0.3) is 22.4 Å². The van der Waals surface area contributed by atoms with E-state index in [1.807, 2.05) is 74.5 Å². The lowest BCUT2D eigenvalue weighted by Crippen LogP contribution is -2.33. The predicted molar refractivity (Wildman–Crippen MR) is 136 cm³/mol. The summed E-state index contributed by atoms with van der Waals surface area (Å²) in [7, 11) is 0. The van der Waals surface area contributed by atoms with Crippen LogP contribution in [-0.2, 0) is 4.79 Å². The number of nitrogens with zero attached hydrogens (tertiary/aromatic N) is 6. The number of hydrogen-bond donors (Lipinski definition) is 1. The Morgan fingerprint density at radius 1 is 1.00 bits per heavy atom. The Labute approximate surface area is 206 Å². The average molecular weight is 478 g/mol. The van der Waals surface area contributed by atoms with Gasteiger partial charge in [0.25, 0.3) is 5.56 Å². The van der Waals surface area contributed by atoms with E-state index in [1.165, 1.54) is 21.5 Å². The lowest BCUT2D eigenvalue weighted by atomic mass is 10.1. The Kier molecular flexibility index (Phi) is 5.70. The fourth-order valence-electron chi connectivity index (χ4n) is 4.41. The normalized spacial score (nSPS) is 11.8. The lowest BCUT2D eigenvalue weighted by molar-refractivity contribution is -0.118. The van der Waals surface area contributed by atoms with Gasteiger partial charge in [0.1, 0.15) is 23.3 Å². The fraction of sp³-hybridized carbons (Fsp3) is 0.148. The molecule has 178 valence electrons. The van der Waals surface area contributed by atoms with E-state index in [0.717, 1.165) is 22.3 Å². The van der Waals surface area contributed by atoms with Crippen LogP contribution in [-0.4, -0.2) is 30.0 Å². The number of amides is 1. The van der Waals surface area contributed by atoms with E-state index in [2.05, 4.69) is 21.6 Å². The van der Waals surface area contributed by atoms with E-state index < -0.39 is 11.9 Å². The molecular weight excluding hydrogens is 454 g/mol. The van der Waals surface area contributed by atoms with E-state index in [9.17, 15) is 14.9 Å². The molecule has 0 radical (unpaired) electrons. The van der Waals surface area contributed by atoms with Crippen molar-refractivity contribution in [2.45, 2.75) is 26.8 Å². The van der Waals surface area contributed by atoms with E-state index in [-0.39, 0.29) is 16.9 Å². The van der Waals surface area contributed by atoms with Gasteiger partial charge in [0.2, 0.25) is 5.91 Å². The van der Waals surface area contributed by atoms with Crippen LogP contribution in [0, 0.1) is 25.2 Å². The van der Waals surface area contributed by atoms with Crippen molar-refractivity contribution in [3.63, 3.8) is 0 Å². The molecule has 0 aliphatic heterocycles. The minimum Gasteiger partial charge on any atom is -0.308 e. The summed E-state index contributed by atoms with van der Waals surface area (Å²) in [5.74, 6) is -0.223. The van der Waals surface area contributed by atoms with Crippen molar-refractivity contribution >= 4 is 22.8 Å². The molecule has 0 aliphatic carbocycles. The molecule has 9 heteroatoms. The molecule has 2 aromatic carbocycles. The molecule has 0 saturated carbocycles. The summed E-state index contributed by atoms with van der Waals surface area (Å²) in [6, 6.07) is 21.3. The van der Waals surface area contributed by atoms with Gasteiger partial charge < -0.3 is 5.32 Å². The van der Waals surface area contributed by atoms with Crippen LogP contribution in [0.4, 0.5) is 5.82 Å². The number of anilines is 1. The van der Waals surface area contributed by atoms with Crippen LogP contribution in [0.15, 0.2) is 77.7 Å². The third-order valence-electron chi connectivity index (χ3n) is 6.14. The van der Waals surface area contributed by atoms with Gasteiger partial charge in [0.15, 0.2) is 5.82 Å². The second-order valence-electron chi connectivity index (χ2n) is 8.50. The number of carbonyl (C=O) groups excluding carboxylic acids is 1. The first-order chi connectivity index (χ1) is 17.4. The highest BCUT2D eigenvalue weighted by Crippen LogP contribution is 2.27. The van der Waals surface area contributed by atoms with Crippen LogP contribution in [0.1, 0.15) is 29.8 Å². The highest BCUT2D eigenvalue weighted by atomic mass is 16.2. The molecule has 1 N–H and O–H groups in total. The number of nitrogens with one attached hydrogen (secondary N) is 1. The number of benzene rings is 2. The minimum absolute atomic E-state index is 0.214. The highest BCUT2D eigenvalue weighted by Gasteiger charge is 2.26. The quantitative estimate of drug-likeness (QED) is 0.410. The van der Waals surface area contributed by atoms with Gasteiger partial charge in [-0.05, 0) is 50.6 Å². The van der Waals surface area contributed by atoms with Crippen LogP contribution >= 0.6 is 0 Å². The molecule has 0 saturated heterocycles. The third-order valence-corrected chi connectivity index (χ3v) is 6.14. The Morgan fingerprint density at radius 2 is 1.61 bits per heavy atom. The molecule has 1 atom stereocenters. The summed E-state index contributed by atoms with van der Waals surface area (Å²) in [5, 5.41) is 22.2. The van der Waals surface area contributed by atoms with Gasteiger partial charge in [-0.2, -0.15) is 15.5 Å². The van der Waals surface area contributed by atoms with Gasteiger partial charge in [-0.15, -0.1) is 0 Å². The van der Waals surface area contributed by atoms with Crippen LogP contribution in [0.2, 0.25) is 0 Å². The van der Waals surface area contributed by atoms with Crippen molar-refractivity contribution in [2.24, 2.45) is 0 Å². The van der Waals surface area contributed by atoms with E-state index >= 15 is 0 Å². The molecule has 5 aromatic rings. The minimum atomic E-state index is -0.912. The maximum absolute atomic E-state index is 13.5. The second kappa shape index (κ2) is 9.00. The summed E-state index contributed by atoms with van der Waals surface area (Å²) in [4.78, 5) is 26.8. The molecule has 3 aromatic heterocycles. The SMILES string of the molecule is Cc1cc(=O)n(C(C)C(=O)Nc2c(C#N)cnn2-c2ccccc2)c2c1c(C)nn2-c1ccccc1. The zero-order valence-electron chi connectivity index (χ0n) is 20.0. The maximum atomic E-state index is 13.5. The molecular formula is C27H23N7O2. The van der Waals surface area contributed by atoms with Crippen molar-refractivity contribution in [2.75, 3.05) is 5.32 Å². The van der Waals surface area contributed by atoms with Crippen molar-refractivity contribution in [3.8, 4) is 17.4 Å².